The van der Waals surface area contributed by atoms with Crippen molar-refractivity contribution < 1.29 is 13.5 Å². The van der Waals surface area contributed by atoms with Crippen molar-refractivity contribution in [2.24, 2.45) is 5.92 Å². The van der Waals surface area contributed by atoms with Gasteiger partial charge in [-0.3, -0.25) is 0 Å². The third-order valence-corrected chi connectivity index (χ3v) is 5.83. The Hall–Kier alpha value is -0.870. The van der Waals surface area contributed by atoms with Crippen LogP contribution >= 0.6 is 0 Å². The first kappa shape index (κ1) is 14.5. The lowest BCUT2D eigenvalue weighted by Gasteiger charge is -2.20. The van der Waals surface area contributed by atoms with Gasteiger partial charge in [-0.2, -0.15) is 0 Å². The normalized spacial score (nSPS) is 23.4. The van der Waals surface area contributed by atoms with Crippen LogP contribution in [0, 0.1) is 5.92 Å². The minimum atomic E-state index is -2.94. The molecule has 1 saturated heterocycles. The molecule has 2 unspecified atom stereocenters. The van der Waals surface area contributed by atoms with Gasteiger partial charge in [0.1, 0.15) is 0 Å². The molecule has 1 N–H and O–H groups in total. The fourth-order valence-corrected chi connectivity index (χ4v) is 4.62. The van der Waals surface area contributed by atoms with E-state index in [0.717, 1.165) is 24.0 Å². The van der Waals surface area contributed by atoms with E-state index < -0.39 is 15.9 Å². The van der Waals surface area contributed by atoms with E-state index in [1.54, 1.807) is 0 Å². The highest BCUT2D eigenvalue weighted by atomic mass is 32.2. The molecule has 1 aromatic carbocycles. The fourth-order valence-electron chi connectivity index (χ4n) is 2.79. The lowest BCUT2D eigenvalue weighted by Crippen LogP contribution is -2.16. The number of aryl methyl sites for hydroxylation is 2. The smallest absolute Gasteiger partial charge is 0.150 e. The molecule has 4 heteroatoms. The van der Waals surface area contributed by atoms with E-state index in [9.17, 15) is 13.5 Å². The maximum Gasteiger partial charge on any atom is 0.150 e. The highest BCUT2D eigenvalue weighted by Crippen LogP contribution is 2.33. The Kier molecular flexibility index (Phi) is 4.31. The number of aliphatic hydroxyl groups is 1. The van der Waals surface area contributed by atoms with Crippen LogP contribution in [0.4, 0.5) is 0 Å². The fraction of sp³-hybridized carbons (Fsp3) is 0.600. The Morgan fingerprint density at radius 1 is 1.32 bits per heavy atom. The first-order chi connectivity index (χ1) is 8.96. The molecule has 0 aromatic heterocycles. The van der Waals surface area contributed by atoms with Crippen LogP contribution in [-0.2, 0) is 22.7 Å². The molecule has 1 heterocycles. The first-order valence-electron chi connectivity index (χ1n) is 6.97. The summed E-state index contributed by atoms with van der Waals surface area (Å²) in [6, 6.07) is 6.18. The van der Waals surface area contributed by atoms with E-state index in [1.807, 2.05) is 6.07 Å². The van der Waals surface area contributed by atoms with Gasteiger partial charge in [0.25, 0.3) is 0 Å². The van der Waals surface area contributed by atoms with Crippen molar-refractivity contribution in [3.8, 4) is 0 Å². The molecule has 0 amide bonds. The molecule has 0 bridgehead atoms. The van der Waals surface area contributed by atoms with E-state index in [4.69, 9.17) is 0 Å². The largest absolute Gasteiger partial charge is 0.388 e. The second-order valence-corrected chi connectivity index (χ2v) is 7.58. The van der Waals surface area contributed by atoms with Gasteiger partial charge in [-0.25, -0.2) is 8.42 Å². The molecular formula is C15H22O3S. The summed E-state index contributed by atoms with van der Waals surface area (Å²) in [5.41, 5.74) is 3.23. The first-order valence-corrected chi connectivity index (χ1v) is 8.79. The Bertz CT molecular complexity index is 549. The Labute approximate surface area is 115 Å². The van der Waals surface area contributed by atoms with Gasteiger partial charge in [-0.1, -0.05) is 32.0 Å². The molecule has 1 aliphatic rings. The Balaban J connectivity index is 2.30. The lowest BCUT2D eigenvalue weighted by atomic mass is 9.89. The molecular weight excluding hydrogens is 260 g/mol. The average Bonchev–Trinajstić information content (AvgIpc) is 2.77. The van der Waals surface area contributed by atoms with Crippen molar-refractivity contribution in [1.82, 2.24) is 0 Å². The number of sulfone groups is 1. The zero-order valence-electron chi connectivity index (χ0n) is 11.6. The minimum absolute atomic E-state index is 0.119. The summed E-state index contributed by atoms with van der Waals surface area (Å²) in [7, 11) is -2.94. The van der Waals surface area contributed by atoms with Gasteiger partial charge >= 0.3 is 0 Å². The molecule has 1 aromatic rings. The Morgan fingerprint density at radius 3 is 2.58 bits per heavy atom. The molecule has 0 saturated carbocycles. The summed E-state index contributed by atoms with van der Waals surface area (Å²) in [6.45, 7) is 4.14. The molecule has 19 heavy (non-hydrogen) atoms. The van der Waals surface area contributed by atoms with E-state index in [1.165, 1.54) is 5.56 Å². The molecule has 2 rings (SSSR count). The SMILES string of the molecule is CCc1ccc(CC)c(C(O)C2CCS(=O)(=O)C2)c1. The van der Waals surface area contributed by atoms with Gasteiger partial charge in [-0.15, -0.1) is 0 Å². The third-order valence-electron chi connectivity index (χ3n) is 4.03. The maximum atomic E-state index is 11.5. The van der Waals surface area contributed by atoms with Gasteiger partial charge in [0, 0.05) is 5.92 Å². The van der Waals surface area contributed by atoms with Crippen LogP contribution in [0.1, 0.15) is 43.1 Å². The van der Waals surface area contributed by atoms with Crippen LogP contribution in [0.5, 0.6) is 0 Å². The topological polar surface area (TPSA) is 54.4 Å². The molecule has 106 valence electrons. The zero-order chi connectivity index (χ0) is 14.0. The molecule has 0 aliphatic carbocycles. The van der Waals surface area contributed by atoms with E-state index >= 15 is 0 Å². The van der Waals surface area contributed by atoms with E-state index in [0.29, 0.717) is 6.42 Å². The minimum Gasteiger partial charge on any atom is -0.388 e. The van der Waals surface area contributed by atoms with Crippen LogP contribution in [0.25, 0.3) is 0 Å². The van der Waals surface area contributed by atoms with Crippen LogP contribution in [-0.4, -0.2) is 25.0 Å². The molecule has 1 fully saturated rings. The number of rotatable bonds is 4. The lowest BCUT2D eigenvalue weighted by molar-refractivity contribution is 0.120. The van der Waals surface area contributed by atoms with Crippen LogP contribution in [0.15, 0.2) is 18.2 Å². The van der Waals surface area contributed by atoms with Crippen molar-refractivity contribution in [3.05, 3.63) is 34.9 Å². The third kappa shape index (κ3) is 3.18. The molecule has 2 atom stereocenters. The predicted octanol–water partition coefficient (Wildman–Crippen LogP) is 2.28. The molecule has 0 spiro atoms. The van der Waals surface area contributed by atoms with Gasteiger partial charge in [0.15, 0.2) is 9.84 Å². The number of aliphatic hydroxyl groups excluding tert-OH is 1. The summed E-state index contributed by atoms with van der Waals surface area (Å²) in [5.74, 6) is 0.180. The number of hydrogen-bond donors (Lipinski definition) is 1. The second kappa shape index (κ2) is 5.63. The quantitative estimate of drug-likeness (QED) is 0.921. The monoisotopic (exact) mass is 282 g/mol. The highest BCUT2D eigenvalue weighted by Gasteiger charge is 2.34. The second-order valence-electron chi connectivity index (χ2n) is 5.35. The summed E-state index contributed by atoms with van der Waals surface area (Å²) < 4.78 is 23.1. The van der Waals surface area contributed by atoms with Crippen molar-refractivity contribution in [1.29, 1.82) is 0 Å². The maximum absolute atomic E-state index is 11.5. The standard InChI is InChI=1S/C15H22O3S/c1-3-11-5-6-12(4-2)14(9-11)15(16)13-7-8-19(17,18)10-13/h5-6,9,13,15-16H,3-4,7-8,10H2,1-2H3. The zero-order valence-corrected chi connectivity index (χ0v) is 12.4. The van der Waals surface area contributed by atoms with Crippen molar-refractivity contribution in [2.75, 3.05) is 11.5 Å². The summed E-state index contributed by atoms with van der Waals surface area (Å²) in [6.07, 6.45) is 1.70. The average molecular weight is 282 g/mol. The molecule has 0 radical (unpaired) electrons. The molecule has 1 aliphatic heterocycles. The van der Waals surface area contributed by atoms with E-state index in [2.05, 4.69) is 26.0 Å². The van der Waals surface area contributed by atoms with Crippen LogP contribution in [0.3, 0.4) is 0 Å². The van der Waals surface area contributed by atoms with Crippen molar-refractivity contribution in [2.45, 2.75) is 39.2 Å². The van der Waals surface area contributed by atoms with Crippen molar-refractivity contribution in [3.63, 3.8) is 0 Å². The number of hydrogen-bond acceptors (Lipinski definition) is 3. The van der Waals surface area contributed by atoms with Crippen molar-refractivity contribution >= 4 is 9.84 Å². The van der Waals surface area contributed by atoms with Gasteiger partial charge in [-0.05, 0) is 36.0 Å². The highest BCUT2D eigenvalue weighted by molar-refractivity contribution is 7.91. The van der Waals surface area contributed by atoms with Gasteiger partial charge in [0.2, 0.25) is 0 Å². The van der Waals surface area contributed by atoms with Gasteiger partial charge < -0.3 is 5.11 Å². The van der Waals surface area contributed by atoms with Gasteiger partial charge in [0.05, 0.1) is 17.6 Å². The predicted molar refractivity (Wildman–Crippen MR) is 76.9 cm³/mol. The summed E-state index contributed by atoms with van der Waals surface area (Å²) in [4.78, 5) is 0. The Morgan fingerprint density at radius 2 is 2.05 bits per heavy atom. The van der Waals surface area contributed by atoms with Crippen LogP contribution < -0.4 is 0 Å². The van der Waals surface area contributed by atoms with E-state index in [-0.39, 0.29) is 17.4 Å². The summed E-state index contributed by atoms with van der Waals surface area (Å²) in [5, 5.41) is 10.5. The van der Waals surface area contributed by atoms with Crippen LogP contribution in [0.2, 0.25) is 0 Å². The number of benzene rings is 1. The molecule has 3 nitrogen and oxygen atoms in total. The summed E-state index contributed by atoms with van der Waals surface area (Å²) >= 11 is 0.